The van der Waals surface area contributed by atoms with E-state index in [1.807, 2.05) is 30.3 Å². The minimum atomic E-state index is -0.00734. The number of nitrogens with zero attached hydrogens (tertiary/aromatic N) is 3. The lowest BCUT2D eigenvalue weighted by Crippen LogP contribution is -2.40. The summed E-state index contributed by atoms with van der Waals surface area (Å²) in [7, 11) is 1.91. The maximum Gasteiger partial charge on any atom is 0.272 e. The molecule has 1 aliphatic carbocycles. The summed E-state index contributed by atoms with van der Waals surface area (Å²) in [6.45, 7) is 4.78. The summed E-state index contributed by atoms with van der Waals surface area (Å²) in [5, 5.41) is 2.52. The third-order valence-corrected chi connectivity index (χ3v) is 6.95. The predicted octanol–water partition coefficient (Wildman–Crippen LogP) is 3.61. The molecule has 1 amide bonds. The summed E-state index contributed by atoms with van der Waals surface area (Å²) >= 11 is 2.79. The van der Waals surface area contributed by atoms with Crippen molar-refractivity contribution >= 4 is 39.2 Å². The van der Waals surface area contributed by atoms with Gasteiger partial charge in [-0.2, -0.15) is 0 Å². The number of amides is 1. The van der Waals surface area contributed by atoms with E-state index >= 15 is 0 Å². The Balaban J connectivity index is 1.69. The lowest BCUT2D eigenvalue weighted by Gasteiger charge is -2.33. The van der Waals surface area contributed by atoms with E-state index < -0.39 is 0 Å². The van der Waals surface area contributed by atoms with Crippen molar-refractivity contribution in [2.75, 3.05) is 12.8 Å². The first-order valence-corrected chi connectivity index (χ1v) is 10.7. The highest BCUT2D eigenvalue weighted by molar-refractivity contribution is 7.99. The van der Waals surface area contributed by atoms with Gasteiger partial charge < -0.3 is 4.90 Å². The first-order valence-electron chi connectivity index (χ1n) is 8.87. The highest BCUT2D eigenvalue weighted by Crippen LogP contribution is 2.27. The summed E-state index contributed by atoms with van der Waals surface area (Å²) in [6, 6.07) is 2.22. The molecule has 1 saturated carbocycles. The zero-order chi connectivity index (χ0) is 18.0. The Hall–Kier alpha value is -1.34. The fourth-order valence-electron chi connectivity index (χ4n) is 3.37. The minimum Gasteiger partial charge on any atom is -0.342 e. The van der Waals surface area contributed by atoms with E-state index in [9.17, 15) is 9.59 Å². The van der Waals surface area contributed by atoms with Gasteiger partial charge in [0.1, 0.15) is 4.70 Å². The first kappa shape index (κ1) is 18.5. The smallest absolute Gasteiger partial charge is 0.272 e. The molecule has 1 aliphatic rings. The van der Waals surface area contributed by atoms with Gasteiger partial charge in [0.25, 0.3) is 5.56 Å². The fourth-order valence-corrected chi connectivity index (χ4v) is 5.14. The van der Waals surface area contributed by atoms with Crippen LogP contribution in [0.25, 0.3) is 10.2 Å². The van der Waals surface area contributed by atoms with E-state index in [-0.39, 0.29) is 11.5 Å². The molecule has 0 saturated heterocycles. The molecule has 0 spiro atoms. The summed E-state index contributed by atoms with van der Waals surface area (Å²) in [5.74, 6) is 1.21. The number of thiophene rings is 1. The van der Waals surface area contributed by atoms with Crippen LogP contribution in [0.4, 0.5) is 0 Å². The zero-order valence-electron chi connectivity index (χ0n) is 15.0. The van der Waals surface area contributed by atoms with Crippen LogP contribution in [0.2, 0.25) is 0 Å². The predicted molar refractivity (Wildman–Crippen MR) is 104 cm³/mol. The molecule has 136 valence electrons. The van der Waals surface area contributed by atoms with Crippen molar-refractivity contribution in [1.29, 1.82) is 0 Å². The molecule has 5 nitrogen and oxygen atoms in total. The Bertz CT molecular complexity index is 806. The number of thioether (sulfide) groups is 1. The number of aromatic nitrogens is 2. The van der Waals surface area contributed by atoms with E-state index in [0.717, 1.165) is 24.3 Å². The van der Waals surface area contributed by atoms with E-state index in [1.165, 1.54) is 35.9 Å². The monoisotopic (exact) mass is 379 g/mol. The van der Waals surface area contributed by atoms with Crippen molar-refractivity contribution in [1.82, 2.24) is 14.5 Å². The average Bonchev–Trinajstić information content (AvgIpc) is 3.08. The van der Waals surface area contributed by atoms with Gasteiger partial charge in [0.15, 0.2) is 5.16 Å². The van der Waals surface area contributed by atoms with E-state index in [4.69, 9.17) is 0 Å². The lowest BCUT2D eigenvalue weighted by molar-refractivity contribution is -0.129. The van der Waals surface area contributed by atoms with Crippen LogP contribution in [-0.4, -0.2) is 39.2 Å². The Morgan fingerprint density at radius 3 is 2.80 bits per heavy atom. The number of fused-ring (bicyclic) bond motifs is 1. The Morgan fingerprint density at radius 2 is 2.12 bits per heavy atom. The van der Waals surface area contributed by atoms with Gasteiger partial charge in [-0.1, -0.05) is 18.7 Å². The van der Waals surface area contributed by atoms with Crippen LogP contribution in [0.1, 0.15) is 39.5 Å². The third-order valence-electron chi connectivity index (χ3n) is 5.10. The molecule has 25 heavy (non-hydrogen) atoms. The number of hydrogen-bond acceptors (Lipinski definition) is 5. The second-order valence-corrected chi connectivity index (χ2v) is 8.64. The van der Waals surface area contributed by atoms with Crippen molar-refractivity contribution < 1.29 is 4.79 Å². The van der Waals surface area contributed by atoms with Crippen molar-refractivity contribution in [2.45, 2.75) is 57.3 Å². The van der Waals surface area contributed by atoms with Gasteiger partial charge in [-0.05, 0) is 50.0 Å². The molecule has 0 aliphatic heterocycles. The summed E-state index contributed by atoms with van der Waals surface area (Å²) < 4.78 is 2.35. The maximum absolute atomic E-state index is 12.6. The molecule has 3 rings (SSSR count). The summed E-state index contributed by atoms with van der Waals surface area (Å²) in [6.07, 6.45) is 4.57. The lowest BCUT2D eigenvalue weighted by atomic mass is 9.87. The van der Waals surface area contributed by atoms with Gasteiger partial charge in [0.2, 0.25) is 5.91 Å². The Kier molecular flexibility index (Phi) is 5.84. The minimum absolute atomic E-state index is 0.00734. The molecular formula is C18H25N3O2S2. The molecule has 2 aromatic heterocycles. The van der Waals surface area contributed by atoms with Gasteiger partial charge in [-0.15, -0.1) is 11.3 Å². The van der Waals surface area contributed by atoms with Crippen LogP contribution in [0.5, 0.6) is 0 Å². The number of carbonyl (C=O) groups excluding carboxylic acids is 1. The highest BCUT2D eigenvalue weighted by Gasteiger charge is 2.25. The molecular weight excluding hydrogens is 354 g/mol. The molecule has 7 heteroatoms. The largest absolute Gasteiger partial charge is 0.342 e. The molecule has 0 bridgehead atoms. The van der Waals surface area contributed by atoms with Crippen LogP contribution >= 0.6 is 23.1 Å². The Morgan fingerprint density at radius 1 is 1.40 bits per heavy atom. The van der Waals surface area contributed by atoms with E-state index in [1.54, 1.807) is 4.57 Å². The van der Waals surface area contributed by atoms with Crippen LogP contribution < -0.4 is 5.56 Å². The van der Waals surface area contributed by atoms with Gasteiger partial charge in [0, 0.05) is 19.6 Å². The van der Waals surface area contributed by atoms with E-state index in [0.29, 0.717) is 28.2 Å². The van der Waals surface area contributed by atoms with Crippen molar-refractivity contribution in [3.05, 3.63) is 21.8 Å². The molecule has 0 unspecified atom stereocenters. The molecule has 2 aromatic rings. The van der Waals surface area contributed by atoms with Crippen molar-refractivity contribution in [3.63, 3.8) is 0 Å². The van der Waals surface area contributed by atoms with Crippen molar-refractivity contribution in [3.8, 4) is 0 Å². The quantitative estimate of drug-likeness (QED) is 0.588. The second kappa shape index (κ2) is 7.91. The zero-order valence-corrected chi connectivity index (χ0v) is 16.7. The summed E-state index contributed by atoms with van der Waals surface area (Å²) in [4.78, 5) is 31.6. The normalized spacial score (nSPS) is 20.8. The number of carbonyl (C=O) groups is 1. The highest BCUT2D eigenvalue weighted by atomic mass is 32.2. The molecule has 0 atom stereocenters. The maximum atomic E-state index is 12.6. The van der Waals surface area contributed by atoms with Crippen molar-refractivity contribution in [2.24, 2.45) is 5.92 Å². The van der Waals surface area contributed by atoms with Gasteiger partial charge in [-0.25, -0.2) is 4.98 Å². The van der Waals surface area contributed by atoms with Crippen LogP contribution in [-0.2, 0) is 11.3 Å². The molecule has 2 heterocycles. The molecule has 0 N–H and O–H groups in total. The second-order valence-electron chi connectivity index (χ2n) is 6.79. The van der Waals surface area contributed by atoms with Crippen LogP contribution in [0.15, 0.2) is 21.4 Å². The van der Waals surface area contributed by atoms with E-state index in [2.05, 4.69) is 11.9 Å². The summed E-state index contributed by atoms with van der Waals surface area (Å²) in [5.41, 5.74) is 0.719. The molecule has 1 fully saturated rings. The van der Waals surface area contributed by atoms with Gasteiger partial charge in [0.05, 0.1) is 11.3 Å². The van der Waals surface area contributed by atoms with Gasteiger partial charge in [-0.3, -0.25) is 14.2 Å². The van der Waals surface area contributed by atoms with Crippen LogP contribution in [0.3, 0.4) is 0 Å². The average molecular weight is 380 g/mol. The van der Waals surface area contributed by atoms with Gasteiger partial charge >= 0.3 is 0 Å². The standard InChI is InChI=1S/C18H25N3O2S2/c1-4-21-17(23)16-14(9-10-24-16)19-18(21)25-11-15(22)20(3)13-7-5-12(2)6-8-13/h9-10,12-13H,4-8,11H2,1-3H3. The number of rotatable bonds is 5. The number of hydrogen-bond donors (Lipinski definition) is 0. The first-order chi connectivity index (χ1) is 12.0. The fraction of sp³-hybridized carbons (Fsp3) is 0.611. The Labute approximate surface area is 156 Å². The molecule has 0 aromatic carbocycles. The van der Waals surface area contributed by atoms with Crippen LogP contribution in [0, 0.1) is 5.92 Å². The third kappa shape index (κ3) is 3.92. The topological polar surface area (TPSA) is 55.2 Å². The molecule has 0 radical (unpaired) electrons. The SMILES string of the molecule is CCn1c(SCC(=O)N(C)C2CCC(C)CC2)nc2ccsc2c1=O.